The van der Waals surface area contributed by atoms with Gasteiger partial charge in [0.15, 0.2) is 0 Å². The summed E-state index contributed by atoms with van der Waals surface area (Å²) in [6.07, 6.45) is 5.15. The van der Waals surface area contributed by atoms with Gasteiger partial charge in [0.1, 0.15) is 23.5 Å². The van der Waals surface area contributed by atoms with E-state index in [1.165, 1.54) is 18.0 Å². The van der Waals surface area contributed by atoms with Gasteiger partial charge in [0.25, 0.3) is 0 Å². The molecule has 2 aromatic heterocycles. The zero-order valence-corrected chi connectivity index (χ0v) is 13.3. The lowest BCUT2D eigenvalue weighted by Gasteiger charge is -2.35. The van der Waals surface area contributed by atoms with E-state index in [2.05, 4.69) is 30.8 Å². The molecule has 1 fully saturated rings. The van der Waals surface area contributed by atoms with Gasteiger partial charge < -0.3 is 4.90 Å². The maximum Gasteiger partial charge on any atom is 0.149 e. The first-order chi connectivity index (χ1) is 11.8. The van der Waals surface area contributed by atoms with Crippen LogP contribution in [0.15, 0.2) is 49.1 Å². The molecule has 0 spiro atoms. The number of hydrogen-bond acceptors (Lipinski definition) is 5. The molecule has 0 bridgehead atoms. The number of halogens is 1. The third-order valence-electron chi connectivity index (χ3n) is 4.40. The van der Waals surface area contributed by atoms with Crippen LogP contribution in [0.4, 0.5) is 10.2 Å². The molecule has 0 saturated carbocycles. The zero-order valence-electron chi connectivity index (χ0n) is 13.3. The molecule has 0 atom stereocenters. The topological polar surface area (TPSA) is 45.2 Å². The SMILES string of the molecule is Fc1cccc2c(N3CCN(Cc4cccnc4)CC3)ncnc12. The maximum absolute atomic E-state index is 13.9. The van der Waals surface area contributed by atoms with Crippen LogP contribution < -0.4 is 4.90 Å². The number of nitrogens with zero attached hydrogens (tertiary/aromatic N) is 5. The monoisotopic (exact) mass is 323 g/mol. The number of hydrogen-bond donors (Lipinski definition) is 0. The summed E-state index contributed by atoms with van der Waals surface area (Å²) < 4.78 is 13.9. The Kier molecular flexibility index (Phi) is 4.04. The van der Waals surface area contributed by atoms with Crippen molar-refractivity contribution in [1.29, 1.82) is 0 Å². The largest absolute Gasteiger partial charge is 0.353 e. The molecular weight excluding hydrogens is 305 g/mol. The first-order valence-corrected chi connectivity index (χ1v) is 8.07. The van der Waals surface area contributed by atoms with Gasteiger partial charge in [-0.1, -0.05) is 12.1 Å². The second-order valence-corrected chi connectivity index (χ2v) is 5.96. The number of benzene rings is 1. The van der Waals surface area contributed by atoms with Gasteiger partial charge in [-0.2, -0.15) is 0 Å². The first kappa shape index (κ1) is 15.0. The molecule has 0 aliphatic carbocycles. The van der Waals surface area contributed by atoms with E-state index < -0.39 is 0 Å². The Morgan fingerprint density at radius 1 is 1.00 bits per heavy atom. The quantitative estimate of drug-likeness (QED) is 0.741. The molecule has 1 aliphatic rings. The van der Waals surface area contributed by atoms with Crippen molar-refractivity contribution in [2.24, 2.45) is 0 Å². The molecule has 3 aromatic rings. The summed E-state index contributed by atoms with van der Waals surface area (Å²) in [5, 5.41) is 0.776. The highest BCUT2D eigenvalue weighted by Gasteiger charge is 2.20. The number of anilines is 1. The standard InChI is InChI=1S/C18H18FN5/c19-16-5-1-4-15-17(16)21-13-22-18(15)24-9-7-23(8-10-24)12-14-3-2-6-20-11-14/h1-6,11,13H,7-10,12H2. The molecule has 5 nitrogen and oxygen atoms in total. The summed E-state index contributed by atoms with van der Waals surface area (Å²) in [5.74, 6) is 0.520. The van der Waals surface area contributed by atoms with Gasteiger partial charge >= 0.3 is 0 Å². The Hall–Kier alpha value is -2.60. The molecule has 0 unspecified atom stereocenters. The van der Waals surface area contributed by atoms with Crippen molar-refractivity contribution >= 4 is 16.7 Å². The molecule has 1 saturated heterocycles. The van der Waals surface area contributed by atoms with Gasteiger partial charge in [0, 0.05) is 50.5 Å². The summed E-state index contributed by atoms with van der Waals surface area (Å²) in [6, 6.07) is 9.09. The predicted octanol–water partition coefficient (Wildman–Crippen LogP) is 2.49. The summed E-state index contributed by atoms with van der Waals surface area (Å²) in [7, 11) is 0. The van der Waals surface area contributed by atoms with Crippen LogP contribution in [-0.2, 0) is 6.54 Å². The Bertz CT molecular complexity index is 831. The van der Waals surface area contributed by atoms with E-state index >= 15 is 0 Å². The number of piperazine rings is 1. The van der Waals surface area contributed by atoms with E-state index in [1.54, 1.807) is 12.3 Å². The summed E-state index contributed by atoms with van der Waals surface area (Å²) in [4.78, 5) is 17.3. The molecule has 6 heteroatoms. The molecular formula is C18H18FN5. The molecule has 24 heavy (non-hydrogen) atoms. The van der Waals surface area contributed by atoms with Gasteiger partial charge in [0.2, 0.25) is 0 Å². The van der Waals surface area contributed by atoms with Crippen LogP contribution in [0.1, 0.15) is 5.56 Å². The van der Waals surface area contributed by atoms with E-state index in [1.807, 2.05) is 18.3 Å². The highest BCUT2D eigenvalue weighted by molar-refractivity contribution is 5.89. The normalized spacial score (nSPS) is 15.8. The minimum atomic E-state index is -0.300. The van der Waals surface area contributed by atoms with Crippen LogP contribution in [0.2, 0.25) is 0 Å². The first-order valence-electron chi connectivity index (χ1n) is 8.07. The van der Waals surface area contributed by atoms with Crippen LogP contribution in [0.25, 0.3) is 10.9 Å². The van der Waals surface area contributed by atoms with Gasteiger partial charge in [0.05, 0.1) is 0 Å². The van der Waals surface area contributed by atoms with Gasteiger partial charge in [-0.25, -0.2) is 14.4 Å². The van der Waals surface area contributed by atoms with E-state index in [-0.39, 0.29) is 5.82 Å². The van der Waals surface area contributed by atoms with Crippen molar-refractivity contribution < 1.29 is 4.39 Å². The Morgan fingerprint density at radius 3 is 2.67 bits per heavy atom. The van der Waals surface area contributed by atoms with Crippen LogP contribution in [0.5, 0.6) is 0 Å². The van der Waals surface area contributed by atoms with Crippen molar-refractivity contribution in [3.63, 3.8) is 0 Å². The van der Waals surface area contributed by atoms with Crippen molar-refractivity contribution in [3.05, 3.63) is 60.4 Å². The number of para-hydroxylation sites is 1. The minimum Gasteiger partial charge on any atom is -0.353 e. The van der Waals surface area contributed by atoms with E-state index in [0.29, 0.717) is 5.52 Å². The molecule has 1 aliphatic heterocycles. The van der Waals surface area contributed by atoms with Crippen LogP contribution in [0, 0.1) is 5.82 Å². The predicted molar refractivity (Wildman–Crippen MR) is 91.2 cm³/mol. The Morgan fingerprint density at radius 2 is 1.88 bits per heavy atom. The lowest BCUT2D eigenvalue weighted by atomic mass is 10.2. The second-order valence-electron chi connectivity index (χ2n) is 5.96. The van der Waals surface area contributed by atoms with Crippen LogP contribution >= 0.6 is 0 Å². The maximum atomic E-state index is 13.9. The number of rotatable bonds is 3. The average molecular weight is 323 g/mol. The molecule has 122 valence electrons. The van der Waals surface area contributed by atoms with Crippen molar-refractivity contribution in [2.75, 3.05) is 31.1 Å². The Balaban J connectivity index is 1.49. The molecule has 0 amide bonds. The molecule has 0 N–H and O–H groups in total. The average Bonchev–Trinajstić information content (AvgIpc) is 2.63. The fourth-order valence-corrected chi connectivity index (χ4v) is 3.16. The fourth-order valence-electron chi connectivity index (χ4n) is 3.16. The third kappa shape index (κ3) is 2.92. The highest BCUT2D eigenvalue weighted by atomic mass is 19.1. The van der Waals surface area contributed by atoms with Crippen molar-refractivity contribution in [2.45, 2.75) is 6.54 Å². The van der Waals surface area contributed by atoms with Gasteiger partial charge in [-0.3, -0.25) is 9.88 Å². The van der Waals surface area contributed by atoms with E-state index in [9.17, 15) is 4.39 Å². The van der Waals surface area contributed by atoms with Crippen molar-refractivity contribution in [1.82, 2.24) is 19.9 Å². The van der Waals surface area contributed by atoms with Gasteiger partial charge in [-0.15, -0.1) is 0 Å². The number of pyridine rings is 1. The molecule has 0 radical (unpaired) electrons. The lowest BCUT2D eigenvalue weighted by molar-refractivity contribution is 0.249. The molecule has 1 aromatic carbocycles. The number of fused-ring (bicyclic) bond motifs is 1. The summed E-state index contributed by atoms with van der Waals surface area (Å²) in [5.41, 5.74) is 1.61. The smallest absolute Gasteiger partial charge is 0.149 e. The van der Waals surface area contributed by atoms with Gasteiger partial charge in [-0.05, 0) is 23.8 Å². The fraction of sp³-hybridized carbons (Fsp3) is 0.278. The van der Waals surface area contributed by atoms with E-state index in [4.69, 9.17) is 0 Å². The van der Waals surface area contributed by atoms with Crippen molar-refractivity contribution in [3.8, 4) is 0 Å². The van der Waals surface area contributed by atoms with E-state index in [0.717, 1.165) is 43.9 Å². The third-order valence-corrected chi connectivity index (χ3v) is 4.40. The number of aromatic nitrogens is 3. The lowest BCUT2D eigenvalue weighted by Crippen LogP contribution is -2.46. The minimum absolute atomic E-state index is 0.300. The summed E-state index contributed by atoms with van der Waals surface area (Å²) in [6.45, 7) is 4.51. The Labute approximate surface area is 139 Å². The molecule has 3 heterocycles. The summed E-state index contributed by atoms with van der Waals surface area (Å²) >= 11 is 0. The van der Waals surface area contributed by atoms with Crippen LogP contribution in [0.3, 0.4) is 0 Å². The highest BCUT2D eigenvalue weighted by Crippen LogP contribution is 2.25. The zero-order chi connectivity index (χ0) is 16.4. The molecule has 4 rings (SSSR count). The van der Waals surface area contributed by atoms with Crippen LogP contribution in [-0.4, -0.2) is 46.0 Å². The second kappa shape index (κ2) is 6.49.